The first-order valence-corrected chi connectivity index (χ1v) is 6.86. The first kappa shape index (κ1) is 13.5. The first-order valence-electron chi connectivity index (χ1n) is 6.86. The zero-order valence-corrected chi connectivity index (χ0v) is 11.0. The summed E-state index contributed by atoms with van der Waals surface area (Å²) < 4.78 is 0. The van der Waals surface area contributed by atoms with E-state index in [2.05, 4.69) is 45.5 Å². The molecule has 0 saturated heterocycles. The molecule has 2 rings (SSSR count). The molecule has 4 nitrogen and oxygen atoms in total. The molecule has 2 bridgehead atoms. The molecule has 0 aromatic heterocycles. The highest BCUT2D eigenvalue weighted by Crippen LogP contribution is 2.04. The van der Waals surface area contributed by atoms with Crippen LogP contribution >= 0.6 is 0 Å². The minimum Gasteiger partial charge on any atom is -0.314 e. The molecule has 0 saturated carbocycles. The summed E-state index contributed by atoms with van der Waals surface area (Å²) in [5.74, 6) is 0. The van der Waals surface area contributed by atoms with Gasteiger partial charge in [0.15, 0.2) is 0 Å². The molecule has 4 N–H and O–H groups in total. The summed E-state index contributed by atoms with van der Waals surface area (Å²) in [5.41, 5.74) is 2.73. The van der Waals surface area contributed by atoms with Crippen molar-refractivity contribution >= 4 is 0 Å². The minimum atomic E-state index is 0.952. The van der Waals surface area contributed by atoms with E-state index in [4.69, 9.17) is 0 Å². The number of rotatable bonds is 0. The van der Waals surface area contributed by atoms with Gasteiger partial charge in [0.2, 0.25) is 0 Å². The van der Waals surface area contributed by atoms with Crippen LogP contribution in [-0.4, -0.2) is 39.3 Å². The third-order valence-corrected chi connectivity index (χ3v) is 3.09. The second-order valence-corrected chi connectivity index (χ2v) is 4.67. The number of nitrogens with one attached hydrogen (secondary N) is 4. The van der Waals surface area contributed by atoms with Crippen molar-refractivity contribution in [1.29, 1.82) is 0 Å². The molecule has 4 heteroatoms. The van der Waals surface area contributed by atoms with Crippen LogP contribution in [0.4, 0.5) is 0 Å². The van der Waals surface area contributed by atoms with Crippen LogP contribution in [0, 0.1) is 0 Å². The van der Waals surface area contributed by atoms with E-state index in [9.17, 15) is 0 Å². The van der Waals surface area contributed by atoms with Crippen molar-refractivity contribution in [2.24, 2.45) is 0 Å². The monoisotopic (exact) mass is 248 g/mol. The van der Waals surface area contributed by atoms with Gasteiger partial charge in [-0.3, -0.25) is 0 Å². The lowest BCUT2D eigenvalue weighted by molar-refractivity contribution is 0.568. The molecule has 0 radical (unpaired) electrons. The molecule has 0 amide bonds. The Labute approximate surface area is 110 Å². The van der Waals surface area contributed by atoms with Gasteiger partial charge in [-0.1, -0.05) is 24.3 Å². The van der Waals surface area contributed by atoms with Gasteiger partial charge in [0.05, 0.1) is 0 Å². The zero-order chi connectivity index (χ0) is 12.5. The van der Waals surface area contributed by atoms with E-state index in [0.29, 0.717) is 0 Å². The number of benzene rings is 1. The standard InChI is InChI=1S/C14H24N4/c1-2-13-10-14(3-1)12-18-9-7-16-5-4-15-6-8-17-11-13/h1-3,10,15-18H,4-9,11-12H2. The van der Waals surface area contributed by atoms with Crippen molar-refractivity contribution in [3.05, 3.63) is 35.4 Å². The van der Waals surface area contributed by atoms with Crippen molar-refractivity contribution < 1.29 is 0 Å². The number of fused-ring (bicyclic) bond motifs is 2. The first-order chi connectivity index (χ1) is 8.95. The summed E-state index contributed by atoms with van der Waals surface area (Å²) in [6.07, 6.45) is 0. The molecule has 100 valence electrons. The summed E-state index contributed by atoms with van der Waals surface area (Å²) >= 11 is 0. The molecular weight excluding hydrogens is 224 g/mol. The normalized spacial score (nSPS) is 19.8. The van der Waals surface area contributed by atoms with Crippen LogP contribution in [0.1, 0.15) is 11.1 Å². The Balaban J connectivity index is 1.87. The number of hydrogen-bond acceptors (Lipinski definition) is 4. The highest BCUT2D eigenvalue weighted by molar-refractivity contribution is 5.23. The van der Waals surface area contributed by atoms with Gasteiger partial charge in [0.25, 0.3) is 0 Å². The third kappa shape index (κ3) is 5.14. The van der Waals surface area contributed by atoms with Crippen molar-refractivity contribution in [1.82, 2.24) is 21.3 Å². The van der Waals surface area contributed by atoms with Crippen molar-refractivity contribution in [2.45, 2.75) is 13.1 Å². The maximum Gasteiger partial charge on any atom is 0.0206 e. The van der Waals surface area contributed by atoms with Crippen LogP contribution in [-0.2, 0) is 13.1 Å². The molecule has 0 atom stereocenters. The largest absolute Gasteiger partial charge is 0.314 e. The van der Waals surface area contributed by atoms with Gasteiger partial charge in [-0.05, 0) is 11.1 Å². The lowest BCUT2D eigenvalue weighted by Crippen LogP contribution is -2.34. The SMILES string of the molecule is c1cc2cc(c1)CNCCNCCNCCNC2. The van der Waals surface area contributed by atoms with Crippen LogP contribution in [0.25, 0.3) is 0 Å². The molecule has 0 spiro atoms. The van der Waals surface area contributed by atoms with E-state index in [0.717, 1.165) is 52.4 Å². The molecule has 0 unspecified atom stereocenters. The second kappa shape index (κ2) is 8.21. The van der Waals surface area contributed by atoms with Gasteiger partial charge in [-0.15, -0.1) is 0 Å². The molecule has 1 aliphatic rings. The Morgan fingerprint density at radius 2 is 1.06 bits per heavy atom. The average Bonchev–Trinajstić information content (AvgIpc) is 2.40. The second-order valence-electron chi connectivity index (χ2n) is 4.67. The Morgan fingerprint density at radius 3 is 1.56 bits per heavy atom. The summed E-state index contributed by atoms with van der Waals surface area (Å²) in [5, 5.41) is 13.8. The van der Waals surface area contributed by atoms with Crippen molar-refractivity contribution in [3.63, 3.8) is 0 Å². The fourth-order valence-corrected chi connectivity index (χ4v) is 2.10. The smallest absolute Gasteiger partial charge is 0.0206 e. The van der Waals surface area contributed by atoms with E-state index in [1.165, 1.54) is 11.1 Å². The van der Waals surface area contributed by atoms with E-state index >= 15 is 0 Å². The molecule has 0 fully saturated rings. The van der Waals surface area contributed by atoms with E-state index in [-0.39, 0.29) is 0 Å². The lowest BCUT2D eigenvalue weighted by Gasteiger charge is -2.07. The van der Waals surface area contributed by atoms with Gasteiger partial charge in [-0.25, -0.2) is 0 Å². The Morgan fingerprint density at radius 1 is 0.611 bits per heavy atom. The maximum atomic E-state index is 3.46. The highest BCUT2D eigenvalue weighted by Gasteiger charge is 1.97. The Kier molecular flexibility index (Phi) is 6.16. The average molecular weight is 248 g/mol. The number of hydrogen-bond donors (Lipinski definition) is 4. The van der Waals surface area contributed by atoms with Gasteiger partial charge in [-0.2, -0.15) is 0 Å². The molecule has 1 aromatic carbocycles. The third-order valence-electron chi connectivity index (χ3n) is 3.09. The lowest BCUT2D eigenvalue weighted by atomic mass is 10.1. The van der Waals surface area contributed by atoms with Crippen LogP contribution in [0.5, 0.6) is 0 Å². The van der Waals surface area contributed by atoms with Gasteiger partial charge in [0.1, 0.15) is 0 Å². The molecule has 1 heterocycles. The molecule has 1 aromatic rings. The Bertz CT molecular complexity index is 311. The van der Waals surface area contributed by atoms with Crippen LogP contribution in [0.2, 0.25) is 0 Å². The summed E-state index contributed by atoms with van der Waals surface area (Å²) in [6.45, 7) is 8.07. The molecule has 0 aliphatic carbocycles. The summed E-state index contributed by atoms with van der Waals surface area (Å²) in [7, 11) is 0. The Hall–Kier alpha value is -0.940. The van der Waals surface area contributed by atoms with Gasteiger partial charge >= 0.3 is 0 Å². The predicted molar refractivity (Wildman–Crippen MR) is 75.6 cm³/mol. The molecular formula is C14H24N4. The zero-order valence-electron chi connectivity index (χ0n) is 11.0. The van der Waals surface area contributed by atoms with E-state index < -0.39 is 0 Å². The highest BCUT2D eigenvalue weighted by atomic mass is 15.0. The van der Waals surface area contributed by atoms with Gasteiger partial charge < -0.3 is 21.3 Å². The summed E-state index contributed by atoms with van der Waals surface area (Å²) in [6, 6.07) is 8.79. The molecule has 1 aliphatic heterocycles. The molecule has 18 heavy (non-hydrogen) atoms. The van der Waals surface area contributed by atoms with Crippen LogP contribution < -0.4 is 21.3 Å². The van der Waals surface area contributed by atoms with E-state index in [1.807, 2.05) is 0 Å². The van der Waals surface area contributed by atoms with E-state index in [1.54, 1.807) is 0 Å². The fraction of sp³-hybridized carbons (Fsp3) is 0.571. The van der Waals surface area contributed by atoms with Crippen LogP contribution in [0.15, 0.2) is 24.3 Å². The summed E-state index contributed by atoms with van der Waals surface area (Å²) in [4.78, 5) is 0. The minimum absolute atomic E-state index is 0.952. The van der Waals surface area contributed by atoms with Crippen molar-refractivity contribution in [3.8, 4) is 0 Å². The maximum absolute atomic E-state index is 3.46. The topological polar surface area (TPSA) is 48.1 Å². The van der Waals surface area contributed by atoms with Crippen molar-refractivity contribution in [2.75, 3.05) is 39.3 Å². The quantitative estimate of drug-likeness (QED) is 0.524. The van der Waals surface area contributed by atoms with Gasteiger partial charge in [0, 0.05) is 52.4 Å². The fourth-order valence-electron chi connectivity index (χ4n) is 2.10. The van der Waals surface area contributed by atoms with Crippen LogP contribution in [0.3, 0.4) is 0 Å². The predicted octanol–water partition coefficient (Wildman–Crippen LogP) is 0.0586.